The fraction of sp³-hybridized carbons (Fsp3) is 0.643. The van der Waals surface area contributed by atoms with Gasteiger partial charge in [0.1, 0.15) is 6.04 Å². The highest BCUT2D eigenvalue weighted by Crippen LogP contribution is 2.31. The van der Waals surface area contributed by atoms with Crippen LogP contribution in [0.3, 0.4) is 0 Å². The first-order valence-corrected chi connectivity index (χ1v) is 13.4. The standard InChI is InChI=1S/C28H38N4O4/c29-19-25-24(11-12-32(25)20-22-9-5-2-6-10-22)28(35)30-27(34)23(17-21-7-3-1-4-8-21)18-26(33)31-13-15-36-16-14-31/h2,5-6,9-10,21,23-25H,1,3-4,7-8,11-18,20H2,(H,30,34,35). The lowest BCUT2D eigenvalue weighted by atomic mass is 9.81. The van der Waals surface area contributed by atoms with E-state index in [1.54, 1.807) is 4.90 Å². The van der Waals surface area contributed by atoms with Crippen molar-refractivity contribution in [2.24, 2.45) is 17.8 Å². The van der Waals surface area contributed by atoms with Crippen molar-refractivity contribution in [1.82, 2.24) is 15.1 Å². The second-order valence-corrected chi connectivity index (χ2v) is 10.4. The smallest absolute Gasteiger partial charge is 0.232 e. The minimum atomic E-state index is -0.579. The summed E-state index contributed by atoms with van der Waals surface area (Å²) in [7, 11) is 0. The number of hydrogen-bond donors (Lipinski definition) is 1. The van der Waals surface area contributed by atoms with E-state index in [9.17, 15) is 19.6 Å². The van der Waals surface area contributed by atoms with Crippen molar-refractivity contribution in [1.29, 1.82) is 5.26 Å². The molecule has 1 saturated carbocycles. The first-order valence-electron chi connectivity index (χ1n) is 13.4. The summed E-state index contributed by atoms with van der Waals surface area (Å²) in [4.78, 5) is 43.3. The number of nitrogens with zero attached hydrogens (tertiary/aromatic N) is 3. The van der Waals surface area contributed by atoms with Crippen LogP contribution in [0.5, 0.6) is 0 Å². The average Bonchev–Trinajstić information content (AvgIpc) is 3.32. The van der Waals surface area contributed by atoms with Crippen LogP contribution in [0, 0.1) is 29.1 Å². The first-order chi connectivity index (χ1) is 17.5. The van der Waals surface area contributed by atoms with E-state index in [1.165, 1.54) is 6.42 Å². The molecule has 2 aliphatic heterocycles. The molecule has 1 aromatic rings. The van der Waals surface area contributed by atoms with E-state index >= 15 is 0 Å². The molecule has 8 nitrogen and oxygen atoms in total. The molecule has 0 radical (unpaired) electrons. The summed E-state index contributed by atoms with van der Waals surface area (Å²) in [6.45, 7) is 3.33. The summed E-state index contributed by atoms with van der Waals surface area (Å²) in [6.07, 6.45) is 6.92. The van der Waals surface area contributed by atoms with Crippen molar-refractivity contribution < 1.29 is 19.1 Å². The van der Waals surface area contributed by atoms with E-state index in [2.05, 4.69) is 11.4 Å². The number of benzene rings is 1. The maximum Gasteiger partial charge on any atom is 0.232 e. The number of carbonyl (C=O) groups excluding carboxylic acids is 3. The molecule has 0 bridgehead atoms. The molecule has 4 rings (SSSR count). The van der Waals surface area contributed by atoms with E-state index in [0.717, 1.165) is 31.2 Å². The molecular weight excluding hydrogens is 456 g/mol. The number of likely N-dealkylation sites (tertiary alicyclic amines) is 1. The number of nitriles is 1. The van der Waals surface area contributed by atoms with Crippen LogP contribution in [-0.4, -0.2) is 66.4 Å². The molecule has 1 aromatic carbocycles. The maximum absolute atomic E-state index is 13.3. The highest BCUT2D eigenvalue weighted by atomic mass is 16.5. The molecule has 8 heteroatoms. The zero-order valence-electron chi connectivity index (χ0n) is 21.1. The third-order valence-corrected chi connectivity index (χ3v) is 7.94. The molecule has 3 fully saturated rings. The largest absolute Gasteiger partial charge is 0.378 e. The summed E-state index contributed by atoms with van der Waals surface area (Å²) in [6, 6.07) is 11.6. The van der Waals surface area contributed by atoms with Gasteiger partial charge in [0.05, 0.1) is 25.2 Å². The number of morpholine rings is 1. The number of nitrogens with one attached hydrogen (secondary N) is 1. The van der Waals surface area contributed by atoms with Gasteiger partial charge in [0.15, 0.2) is 0 Å². The molecule has 1 aliphatic carbocycles. The second kappa shape index (κ2) is 13.0. The molecular formula is C28H38N4O4. The number of imide groups is 1. The van der Waals surface area contributed by atoms with Gasteiger partial charge < -0.3 is 9.64 Å². The van der Waals surface area contributed by atoms with Crippen LogP contribution in [0.1, 0.15) is 56.9 Å². The Morgan fingerprint density at radius 2 is 1.75 bits per heavy atom. The average molecular weight is 495 g/mol. The summed E-state index contributed by atoms with van der Waals surface area (Å²) in [5.41, 5.74) is 1.09. The van der Waals surface area contributed by atoms with Crippen LogP contribution >= 0.6 is 0 Å². The number of amides is 3. The van der Waals surface area contributed by atoms with Crippen molar-refractivity contribution >= 4 is 17.7 Å². The quantitative estimate of drug-likeness (QED) is 0.596. The number of rotatable bonds is 8. The molecule has 3 aliphatic rings. The molecule has 194 valence electrons. The monoisotopic (exact) mass is 494 g/mol. The zero-order chi connectivity index (χ0) is 25.3. The Kier molecular flexibility index (Phi) is 9.48. The highest BCUT2D eigenvalue weighted by Gasteiger charge is 2.40. The Hall–Kier alpha value is -2.76. The van der Waals surface area contributed by atoms with Crippen LogP contribution < -0.4 is 5.32 Å². The molecule has 36 heavy (non-hydrogen) atoms. The number of ether oxygens (including phenoxy) is 1. The molecule has 0 aromatic heterocycles. The van der Waals surface area contributed by atoms with Crippen LogP contribution in [-0.2, 0) is 25.7 Å². The molecule has 1 N–H and O–H groups in total. The van der Waals surface area contributed by atoms with Gasteiger partial charge in [-0.2, -0.15) is 5.26 Å². The van der Waals surface area contributed by atoms with Gasteiger partial charge in [-0.3, -0.25) is 24.6 Å². The van der Waals surface area contributed by atoms with Crippen LogP contribution in [0.2, 0.25) is 0 Å². The van der Waals surface area contributed by atoms with Crippen molar-refractivity contribution in [2.45, 2.75) is 64.0 Å². The van der Waals surface area contributed by atoms with Gasteiger partial charge >= 0.3 is 0 Å². The molecule has 2 saturated heterocycles. The normalized spacial score (nSPS) is 24.1. The molecule has 3 unspecified atom stereocenters. The van der Waals surface area contributed by atoms with Crippen molar-refractivity contribution in [2.75, 3.05) is 32.8 Å². The Morgan fingerprint density at radius 1 is 1.03 bits per heavy atom. The van der Waals surface area contributed by atoms with E-state index in [4.69, 9.17) is 4.74 Å². The van der Waals surface area contributed by atoms with Gasteiger partial charge in [-0.15, -0.1) is 0 Å². The van der Waals surface area contributed by atoms with E-state index in [1.807, 2.05) is 35.2 Å². The summed E-state index contributed by atoms with van der Waals surface area (Å²) in [5.74, 6) is -1.50. The molecule has 3 amide bonds. The second-order valence-electron chi connectivity index (χ2n) is 10.4. The van der Waals surface area contributed by atoms with Gasteiger partial charge in [-0.05, 0) is 24.3 Å². The lowest BCUT2D eigenvalue weighted by Crippen LogP contribution is -2.46. The SMILES string of the molecule is N#CC1C(C(=O)NC(=O)C(CC(=O)N2CCOCC2)CC2CCCCC2)CCN1Cc1ccccc1. The molecule has 0 spiro atoms. The maximum atomic E-state index is 13.3. The van der Waals surface area contributed by atoms with Crippen LogP contribution in [0.4, 0.5) is 0 Å². The Bertz CT molecular complexity index is 935. The van der Waals surface area contributed by atoms with Gasteiger partial charge in [0, 0.05) is 38.5 Å². The Labute approximate surface area is 214 Å². The Balaban J connectivity index is 1.38. The predicted octanol–water partition coefficient (Wildman–Crippen LogP) is 2.88. The van der Waals surface area contributed by atoms with Gasteiger partial charge in [-0.25, -0.2) is 0 Å². The molecule has 3 atom stereocenters. The van der Waals surface area contributed by atoms with E-state index in [-0.39, 0.29) is 18.2 Å². The lowest BCUT2D eigenvalue weighted by molar-refractivity contribution is -0.142. The van der Waals surface area contributed by atoms with Gasteiger partial charge in [0.25, 0.3) is 0 Å². The summed E-state index contributed by atoms with van der Waals surface area (Å²) < 4.78 is 5.35. The first kappa shape index (κ1) is 26.3. The summed E-state index contributed by atoms with van der Waals surface area (Å²) >= 11 is 0. The topological polar surface area (TPSA) is 103 Å². The van der Waals surface area contributed by atoms with Crippen molar-refractivity contribution in [3.63, 3.8) is 0 Å². The predicted molar refractivity (Wildman–Crippen MR) is 134 cm³/mol. The molecule has 2 heterocycles. The van der Waals surface area contributed by atoms with E-state index < -0.39 is 23.8 Å². The Morgan fingerprint density at radius 3 is 2.44 bits per heavy atom. The lowest BCUT2D eigenvalue weighted by Gasteiger charge is -2.30. The zero-order valence-corrected chi connectivity index (χ0v) is 21.1. The fourth-order valence-electron chi connectivity index (χ4n) is 5.87. The van der Waals surface area contributed by atoms with Gasteiger partial charge in [-0.1, -0.05) is 62.4 Å². The van der Waals surface area contributed by atoms with Crippen molar-refractivity contribution in [3.8, 4) is 6.07 Å². The fourth-order valence-corrected chi connectivity index (χ4v) is 5.87. The highest BCUT2D eigenvalue weighted by molar-refractivity contribution is 5.99. The van der Waals surface area contributed by atoms with Crippen molar-refractivity contribution in [3.05, 3.63) is 35.9 Å². The summed E-state index contributed by atoms with van der Waals surface area (Å²) in [5, 5.41) is 12.5. The van der Waals surface area contributed by atoms with Crippen LogP contribution in [0.25, 0.3) is 0 Å². The van der Waals surface area contributed by atoms with Gasteiger partial charge in [0.2, 0.25) is 17.7 Å². The number of hydrogen-bond acceptors (Lipinski definition) is 6. The minimum Gasteiger partial charge on any atom is -0.378 e. The van der Waals surface area contributed by atoms with Crippen LogP contribution in [0.15, 0.2) is 30.3 Å². The third kappa shape index (κ3) is 6.92. The number of carbonyl (C=O) groups is 3. The minimum absolute atomic E-state index is 0.0495. The van der Waals surface area contributed by atoms with E-state index in [0.29, 0.717) is 58.2 Å². The third-order valence-electron chi connectivity index (χ3n) is 7.94.